The number of aliphatic hydroxyl groups is 2. The number of hydrogen-bond acceptors (Lipinski definition) is 15. The molecule has 4 amide bonds. The number of aromatic hydroxyl groups is 2. The van der Waals surface area contributed by atoms with Crippen molar-refractivity contribution in [3.8, 4) is 17.2 Å². The molecule has 0 aromatic heterocycles. The smallest absolute Gasteiger partial charge is 0.303 e. The van der Waals surface area contributed by atoms with Crippen LogP contribution < -0.4 is 26.0 Å². The molecule has 1 fully saturated rings. The second-order valence-corrected chi connectivity index (χ2v) is 17.8. The summed E-state index contributed by atoms with van der Waals surface area (Å²) in [5.41, 5.74) is -3.21. The van der Waals surface area contributed by atoms with Crippen molar-refractivity contribution >= 4 is 46.9 Å². The lowest BCUT2D eigenvalue weighted by Crippen LogP contribution is -2.59. The second kappa shape index (κ2) is 21.1. The Hall–Kier alpha value is -6.74. The predicted molar refractivity (Wildman–Crippen MR) is 238 cm³/mol. The number of carbonyl (C=O) groups is 8. The van der Waals surface area contributed by atoms with Crippen LogP contribution in [0, 0.1) is 5.92 Å². The Morgan fingerprint density at radius 3 is 2.19 bits per heavy atom. The number of fused-ring (bicyclic) bond motifs is 3. The van der Waals surface area contributed by atoms with Crippen LogP contribution in [0.5, 0.6) is 17.2 Å². The Kier molecular flexibility index (Phi) is 15.7. The van der Waals surface area contributed by atoms with Crippen molar-refractivity contribution in [2.75, 3.05) is 13.7 Å². The lowest BCUT2D eigenvalue weighted by atomic mass is 9.72. The number of benzene rings is 3. The van der Waals surface area contributed by atoms with E-state index in [-0.39, 0.29) is 59.6 Å². The average molecular weight is 945 g/mol. The largest absolute Gasteiger partial charge is 0.507 e. The van der Waals surface area contributed by atoms with Crippen LogP contribution in [-0.4, -0.2) is 128 Å². The third-order valence-electron chi connectivity index (χ3n) is 12.4. The molecule has 0 radical (unpaired) electrons. The first-order chi connectivity index (χ1) is 32.1. The van der Waals surface area contributed by atoms with E-state index in [1.807, 2.05) is 0 Å². The first kappa shape index (κ1) is 50.7. The fourth-order valence-corrected chi connectivity index (χ4v) is 8.84. The zero-order chi connectivity index (χ0) is 49.8. The summed E-state index contributed by atoms with van der Waals surface area (Å²) in [7, 11) is 1.30. The van der Waals surface area contributed by atoms with Crippen LogP contribution >= 0.6 is 0 Å². The van der Waals surface area contributed by atoms with Crippen molar-refractivity contribution in [2.24, 2.45) is 5.92 Å². The first-order valence-electron chi connectivity index (χ1n) is 22.2. The van der Waals surface area contributed by atoms with Gasteiger partial charge >= 0.3 is 5.97 Å². The lowest BCUT2D eigenvalue weighted by Gasteiger charge is -2.43. The Balaban J connectivity index is 1.18. The van der Waals surface area contributed by atoms with E-state index in [0.29, 0.717) is 5.56 Å². The number of ether oxygens (including phenoxy) is 3. The second-order valence-electron chi connectivity index (χ2n) is 17.8. The van der Waals surface area contributed by atoms with E-state index in [2.05, 4.69) is 21.3 Å². The maximum Gasteiger partial charge on any atom is 0.303 e. The molecule has 364 valence electrons. The van der Waals surface area contributed by atoms with Gasteiger partial charge in [-0.25, -0.2) is 0 Å². The zero-order valence-electron chi connectivity index (χ0n) is 38.1. The zero-order valence-corrected chi connectivity index (χ0v) is 38.1. The van der Waals surface area contributed by atoms with Gasteiger partial charge < -0.3 is 61.0 Å². The highest BCUT2D eigenvalue weighted by Crippen LogP contribution is 2.52. The highest BCUT2D eigenvalue weighted by Gasteiger charge is 2.50. The molecule has 2 aliphatic carbocycles. The third kappa shape index (κ3) is 11.0. The molecular formula is C48H56N4O16. The topological polar surface area (TPSA) is 314 Å². The third-order valence-corrected chi connectivity index (χ3v) is 12.4. The van der Waals surface area contributed by atoms with Crippen molar-refractivity contribution in [1.29, 1.82) is 0 Å². The van der Waals surface area contributed by atoms with Crippen molar-refractivity contribution in [1.82, 2.24) is 21.3 Å². The molecule has 3 aromatic carbocycles. The molecule has 20 heteroatoms. The Morgan fingerprint density at radius 2 is 1.54 bits per heavy atom. The summed E-state index contributed by atoms with van der Waals surface area (Å²) in [6, 6.07) is 9.53. The number of rotatable bonds is 18. The molecule has 9 N–H and O–H groups in total. The van der Waals surface area contributed by atoms with Crippen LogP contribution in [0.4, 0.5) is 0 Å². The van der Waals surface area contributed by atoms with Crippen molar-refractivity contribution in [3.63, 3.8) is 0 Å². The van der Waals surface area contributed by atoms with Crippen molar-refractivity contribution < 1.29 is 78.1 Å². The number of aliphatic carboxylic acids is 1. The van der Waals surface area contributed by atoms with Crippen LogP contribution in [0.3, 0.4) is 0 Å². The Bertz CT molecular complexity index is 2490. The van der Waals surface area contributed by atoms with E-state index in [9.17, 15) is 58.8 Å². The summed E-state index contributed by atoms with van der Waals surface area (Å²) in [6.45, 7) is 5.61. The van der Waals surface area contributed by atoms with Gasteiger partial charge in [-0.1, -0.05) is 56.3 Å². The van der Waals surface area contributed by atoms with Gasteiger partial charge in [0.25, 0.3) is 0 Å². The van der Waals surface area contributed by atoms with Crippen LogP contribution in [0.1, 0.15) is 114 Å². The minimum absolute atomic E-state index is 0.0316. The summed E-state index contributed by atoms with van der Waals surface area (Å²) < 4.78 is 17.6. The van der Waals surface area contributed by atoms with E-state index < -0.39 is 144 Å². The number of carboxylic acid groups (broad SMARTS) is 1. The number of carboxylic acids is 1. The summed E-state index contributed by atoms with van der Waals surface area (Å²) in [4.78, 5) is 105. The molecule has 0 unspecified atom stereocenters. The fraction of sp³-hybridized carbons (Fsp3) is 0.458. The lowest BCUT2D eigenvalue weighted by molar-refractivity contribution is -0.249. The molecule has 3 aromatic rings. The number of amides is 4. The number of aliphatic hydroxyl groups excluding tert-OH is 1. The molecule has 6 rings (SSSR count). The van der Waals surface area contributed by atoms with Gasteiger partial charge in [-0.15, -0.1) is 0 Å². The molecule has 8 atom stereocenters. The molecule has 1 aliphatic heterocycles. The van der Waals surface area contributed by atoms with Gasteiger partial charge in [-0.3, -0.25) is 38.4 Å². The summed E-state index contributed by atoms with van der Waals surface area (Å²) in [5, 5.41) is 65.8. The number of ketones is 3. The van der Waals surface area contributed by atoms with E-state index in [0.717, 1.165) is 6.92 Å². The molecule has 0 saturated carbocycles. The van der Waals surface area contributed by atoms with E-state index in [1.165, 1.54) is 32.2 Å². The van der Waals surface area contributed by atoms with Gasteiger partial charge in [0.2, 0.25) is 29.4 Å². The predicted octanol–water partition coefficient (Wildman–Crippen LogP) is 1.43. The molecule has 1 saturated heterocycles. The van der Waals surface area contributed by atoms with Gasteiger partial charge in [0.1, 0.15) is 41.0 Å². The van der Waals surface area contributed by atoms with Crippen LogP contribution in [0.25, 0.3) is 0 Å². The van der Waals surface area contributed by atoms with Gasteiger partial charge in [0.05, 0.1) is 55.0 Å². The molecule has 20 nitrogen and oxygen atoms in total. The van der Waals surface area contributed by atoms with Crippen molar-refractivity contribution in [2.45, 2.75) is 121 Å². The highest BCUT2D eigenvalue weighted by molar-refractivity contribution is 6.31. The number of carbonyl (C=O) groups excluding carboxylic acids is 7. The van der Waals surface area contributed by atoms with Gasteiger partial charge in [0, 0.05) is 48.8 Å². The molecule has 1 heterocycles. The SMILES string of the molecule is COc1cccc2c1C(=O)c1c(O)c3c(c(O)c1C2=O)C[C@@](O)(C(C)=O)C[C@@H]3O[C@H]1C[C@H](NC(=O)[C@H](CC(C)C)NC(=O)CNC(=O)[C@H](Cc2ccccc2)NC(=O)CCC(=O)O)[C@H](O)[C@H](C)O1. The monoisotopic (exact) mass is 944 g/mol. The van der Waals surface area contributed by atoms with E-state index in [1.54, 1.807) is 44.2 Å². The molecule has 68 heavy (non-hydrogen) atoms. The van der Waals surface area contributed by atoms with E-state index in [4.69, 9.17) is 19.3 Å². The molecule has 0 spiro atoms. The molecule has 3 aliphatic rings. The van der Waals surface area contributed by atoms with Crippen LogP contribution in [0.15, 0.2) is 48.5 Å². The number of methoxy groups -OCH3 is 1. The quantitative estimate of drug-likeness (QED) is 0.0637. The normalized spacial score (nSPS) is 22.7. The Morgan fingerprint density at radius 1 is 0.868 bits per heavy atom. The standard InChI is InChI=1S/C48H56N4O16/c1-22(2)16-29(51-34(55)21-49-46(63)30(17-25-10-7-6-8-11-25)50-33(54)14-15-35(56)57)47(64)52-28-18-36(67-23(3)41(28)58)68-32-20-48(65,24(4)53)19-27-38(32)45(62)40-39(43(27)60)42(59)26-12-9-13-31(66-5)37(26)44(40)61/h6-13,22-23,28-30,32,36,41,58,60,62,65H,14-21H2,1-5H3,(H,49,63)(H,50,54)(H,51,55)(H,52,64)(H,56,57)/t23-,28-,29-,30-,32-,36-,41+,48-/m0/s1. The van der Waals surface area contributed by atoms with Gasteiger partial charge in [0.15, 0.2) is 17.9 Å². The number of phenols is 2. The number of nitrogens with one attached hydrogen (secondary N) is 4. The maximum atomic E-state index is 14.1. The maximum absolute atomic E-state index is 14.1. The number of Topliss-reactive ketones (excluding diaryl/α,β-unsaturated/α-hetero) is 1. The first-order valence-corrected chi connectivity index (χ1v) is 22.2. The fourth-order valence-electron chi connectivity index (χ4n) is 8.84. The number of hydrogen-bond donors (Lipinski definition) is 9. The van der Waals surface area contributed by atoms with Crippen LogP contribution in [0.2, 0.25) is 0 Å². The van der Waals surface area contributed by atoms with Crippen molar-refractivity contribution in [3.05, 3.63) is 87.5 Å². The Labute approximate surface area is 390 Å². The molecule has 0 bridgehead atoms. The minimum Gasteiger partial charge on any atom is -0.507 e. The average Bonchev–Trinajstić information content (AvgIpc) is 3.28. The number of phenolic OH excluding ortho intramolecular Hbond substituents is 2. The van der Waals surface area contributed by atoms with E-state index >= 15 is 0 Å². The summed E-state index contributed by atoms with van der Waals surface area (Å²) in [5.74, 6) is -8.05. The summed E-state index contributed by atoms with van der Waals surface area (Å²) >= 11 is 0. The minimum atomic E-state index is -2.19. The van der Waals surface area contributed by atoms with Gasteiger partial charge in [-0.2, -0.15) is 0 Å². The van der Waals surface area contributed by atoms with Crippen LogP contribution in [-0.2, 0) is 51.1 Å². The molecular weight excluding hydrogens is 889 g/mol. The summed E-state index contributed by atoms with van der Waals surface area (Å²) in [6.07, 6.45) is -7.16. The highest BCUT2D eigenvalue weighted by atomic mass is 16.7. The van der Waals surface area contributed by atoms with Gasteiger partial charge in [-0.05, 0) is 37.8 Å².